The van der Waals surface area contributed by atoms with Crippen molar-refractivity contribution in [1.82, 2.24) is 4.57 Å². The highest BCUT2D eigenvalue weighted by atomic mass is 16.5. The van der Waals surface area contributed by atoms with Gasteiger partial charge < -0.3 is 28.8 Å². The van der Waals surface area contributed by atoms with E-state index >= 15 is 0 Å². The number of nitrogens with one attached hydrogen (secondary N) is 1. The van der Waals surface area contributed by atoms with E-state index in [1.165, 1.54) is 19.2 Å². The van der Waals surface area contributed by atoms with Crippen molar-refractivity contribution in [3.05, 3.63) is 82.3 Å². The monoisotopic (exact) mass is 466 g/mol. The summed E-state index contributed by atoms with van der Waals surface area (Å²) in [6, 6.07) is 15.1. The minimum absolute atomic E-state index is 0.0725. The maximum atomic E-state index is 12.4. The molecule has 0 unspecified atom stereocenters. The molecule has 0 aliphatic heterocycles. The molecule has 0 spiro atoms. The molecule has 1 heterocycles. The van der Waals surface area contributed by atoms with Gasteiger partial charge in [0.1, 0.15) is 18.1 Å². The molecule has 0 radical (unpaired) electrons. The van der Waals surface area contributed by atoms with E-state index in [9.17, 15) is 14.4 Å². The number of carbonyl (C=O) groups is 2. The SMILES string of the molecule is COC(=O)c1ccccc1NC(=O)COc1c(C)n(CCOc2ccc(OC)cc2)ccc1=O. The van der Waals surface area contributed by atoms with Crippen LogP contribution in [0.5, 0.6) is 17.2 Å². The third-order valence-electron chi connectivity index (χ3n) is 5.00. The highest BCUT2D eigenvalue weighted by Crippen LogP contribution is 2.18. The number of amides is 1. The molecule has 34 heavy (non-hydrogen) atoms. The number of hydrogen-bond acceptors (Lipinski definition) is 7. The summed E-state index contributed by atoms with van der Waals surface area (Å²) < 4.78 is 22.9. The van der Waals surface area contributed by atoms with Crippen molar-refractivity contribution < 1.29 is 28.5 Å². The van der Waals surface area contributed by atoms with Crippen LogP contribution in [0.3, 0.4) is 0 Å². The molecule has 0 bridgehead atoms. The Bertz CT molecular complexity index is 1200. The van der Waals surface area contributed by atoms with Crippen LogP contribution in [0.2, 0.25) is 0 Å². The van der Waals surface area contributed by atoms with E-state index in [2.05, 4.69) is 5.32 Å². The van der Waals surface area contributed by atoms with Crippen LogP contribution in [0.4, 0.5) is 5.69 Å². The van der Waals surface area contributed by atoms with Gasteiger partial charge in [-0.25, -0.2) is 4.79 Å². The number of anilines is 1. The maximum absolute atomic E-state index is 12.4. The summed E-state index contributed by atoms with van der Waals surface area (Å²) in [6.45, 7) is 2.15. The predicted octanol–water partition coefficient (Wildman–Crippen LogP) is 3.05. The Hall–Kier alpha value is -4.27. The summed E-state index contributed by atoms with van der Waals surface area (Å²) in [7, 11) is 2.86. The van der Waals surface area contributed by atoms with Crippen molar-refractivity contribution >= 4 is 17.6 Å². The third-order valence-corrected chi connectivity index (χ3v) is 5.00. The molecule has 0 aliphatic rings. The number of aromatic nitrogens is 1. The van der Waals surface area contributed by atoms with E-state index in [1.54, 1.807) is 50.6 Å². The molecule has 0 fully saturated rings. The van der Waals surface area contributed by atoms with Crippen molar-refractivity contribution in [3.8, 4) is 17.2 Å². The number of hydrogen-bond donors (Lipinski definition) is 1. The van der Waals surface area contributed by atoms with Gasteiger partial charge in [0.25, 0.3) is 5.91 Å². The molecule has 0 saturated heterocycles. The predicted molar refractivity (Wildman–Crippen MR) is 126 cm³/mol. The Labute approximate surface area is 196 Å². The fourth-order valence-electron chi connectivity index (χ4n) is 3.21. The molecule has 178 valence electrons. The first-order chi connectivity index (χ1) is 16.4. The van der Waals surface area contributed by atoms with Crippen LogP contribution in [-0.2, 0) is 16.1 Å². The molecule has 0 saturated carbocycles. The average Bonchev–Trinajstić information content (AvgIpc) is 2.85. The minimum Gasteiger partial charge on any atom is -0.497 e. The van der Waals surface area contributed by atoms with Crippen LogP contribution in [0.25, 0.3) is 0 Å². The number of ether oxygens (including phenoxy) is 4. The van der Waals surface area contributed by atoms with Gasteiger partial charge >= 0.3 is 5.97 Å². The summed E-state index contributed by atoms with van der Waals surface area (Å²) in [5.41, 5.74) is 0.732. The van der Waals surface area contributed by atoms with Crippen molar-refractivity contribution in [3.63, 3.8) is 0 Å². The highest BCUT2D eigenvalue weighted by Gasteiger charge is 2.15. The number of para-hydroxylation sites is 1. The van der Waals surface area contributed by atoms with Crippen molar-refractivity contribution in [2.45, 2.75) is 13.5 Å². The fourth-order valence-corrected chi connectivity index (χ4v) is 3.21. The Morgan fingerprint density at radius 3 is 2.35 bits per heavy atom. The first-order valence-electron chi connectivity index (χ1n) is 10.5. The number of carbonyl (C=O) groups excluding carboxylic acids is 2. The second kappa shape index (κ2) is 11.6. The van der Waals surface area contributed by atoms with Gasteiger partial charge in [-0.05, 0) is 43.3 Å². The first-order valence-corrected chi connectivity index (χ1v) is 10.5. The zero-order valence-corrected chi connectivity index (χ0v) is 19.2. The number of rotatable bonds is 10. The largest absolute Gasteiger partial charge is 0.497 e. The standard InChI is InChI=1S/C25H26N2O7/c1-17-24(34-16-23(29)26-21-7-5-4-6-20(21)25(30)32-3)22(28)12-13-27(17)14-15-33-19-10-8-18(31-2)9-11-19/h4-13H,14-16H2,1-3H3,(H,26,29). The number of esters is 1. The molecule has 9 heteroatoms. The topological polar surface area (TPSA) is 105 Å². The van der Waals surface area contributed by atoms with Gasteiger partial charge in [-0.3, -0.25) is 9.59 Å². The van der Waals surface area contributed by atoms with Gasteiger partial charge in [0.15, 0.2) is 12.4 Å². The number of methoxy groups -OCH3 is 2. The van der Waals surface area contributed by atoms with E-state index in [0.29, 0.717) is 30.3 Å². The summed E-state index contributed by atoms with van der Waals surface area (Å²) in [5.74, 6) is 0.412. The Kier molecular flexibility index (Phi) is 8.28. The molecule has 0 atom stereocenters. The van der Waals surface area contributed by atoms with E-state index in [0.717, 1.165) is 5.75 Å². The fraction of sp³-hybridized carbons (Fsp3) is 0.240. The molecule has 1 N–H and O–H groups in total. The number of benzene rings is 2. The van der Waals surface area contributed by atoms with Crippen molar-refractivity contribution in [1.29, 1.82) is 0 Å². The smallest absolute Gasteiger partial charge is 0.339 e. The van der Waals surface area contributed by atoms with Crippen LogP contribution in [0.1, 0.15) is 16.1 Å². The van der Waals surface area contributed by atoms with Crippen LogP contribution >= 0.6 is 0 Å². The molecular formula is C25H26N2O7. The van der Waals surface area contributed by atoms with Gasteiger partial charge in [-0.15, -0.1) is 0 Å². The lowest BCUT2D eigenvalue weighted by Gasteiger charge is -2.15. The Morgan fingerprint density at radius 1 is 0.941 bits per heavy atom. The normalized spacial score (nSPS) is 10.3. The van der Waals surface area contributed by atoms with Gasteiger partial charge in [0, 0.05) is 12.3 Å². The van der Waals surface area contributed by atoms with Gasteiger partial charge in [0.2, 0.25) is 5.43 Å². The number of nitrogens with zero attached hydrogens (tertiary/aromatic N) is 1. The van der Waals surface area contributed by atoms with Crippen LogP contribution < -0.4 is 25.0 Å². The van der Waals surface area contributed by atoms with Crippen molar-refractivity contribution in [2.75, 3.05) is 32.8 Å². The number of pyridine rings is 1. The van der Waals surface area contributed by atoms with E-state index in [4.69, 9.17) is 18.9 Å². The van der Waals surface area contributed by atoms with E-state index in [-0.39, 0.29) is 16.7 Å². The van der Waals surface area contributed by atoms with Gasteiger partial charge in [0.05, 0.1) is 37.7 Å². The maximum Gasteiger partial charge on any atom is 0.339 e. The van der Waals surface area contributed by atoms with E-state index in [1.807, 2.05) is 16.7 Å². The van der Waals surface area contributed by atoms with E-state index < -0.39 is 18.5 Å². The second-order valence-corrected chi connectivity index (χ2v) is 7.19. The van der Waals surface area contributed by atoms with Crippen LogP contribution in [-0.4, -0.2) is 43.9 Å². The molecule has 1 aromatic heterocycles. The third kappa shape index (κ3) is 6.16. The molecule has 3 rings (SSSR count). The Morgan fingerprint density at radius 2 is 1.65 bits per heavy atom. The van der Waals surface area contributed by atoms with Crippen LogP contribution in [0, 0.1) is 6.92 Å². The lowest BCUT2D eigenvalue weighted by molar-refractivity contribution is -0.118. The van der Waals surface area contributed by atoms with Crippen LogP contribution in [0.15, 0.2) is 65.6 Å². The lowest BCUT2D eigenvalue weighted by Crippen LogP contribution is -2.25. The zero-order chi connectivity index (χ0) is 24.5. The first kappa shape index (κ1) is 24.4. The molecule has 9 nitrogen and oxygen atoms in total. The molecule has 0 aliphatic carbocycles. The summed E-state index contributed by atoms with van der Waals surface area (Å²) in [6.07, 6.45) is 1.65. The highest BCUT2D eigenvalue weighted by molar-refractivity contribution is 6.01. The van der Waals surface area contributed by atoms with Crippen molar-refractivity contribution in [2.24, 2.45) is 0 Å². The minimum atomic E-state index is -0.574. The summed E-state index contributed by atoms with van der Waals surface area (Å²) in [4.78, 5) is 36.6. The summed E-state index contributed by atoms with van der Waals surface area (Å²) in [5, 5.41) is 2.61. The van der Waals surface area contributed by atoms with Gasteiger partial charge in [-0.1, -0.05) is 12.1 Å². The molecule has 3 aromatic rings. The lowest BCUT2D eigenvalue weighted by atomic mass is 10.2. The average molecular weight is 466 g/mol. The zero-order valence-electron chi connectivity index (χ0n) is 19.2. The summed E-state index contributed by atoms with van der Waals surface area (Å²) >= 11 is 0. The second-order valence-electron chi connectivity index (χ2n) is 7.19. The van der Waals surface area contributed by atoms with Gasteiger partial charge in [-0.2, -0.15) is 0 Å². The Balaban J connectivity index is 1.60. The molecule has 1 amide bonds. The quantitative estimate of drug-likeness (QED) is 0.458. The molecule has 2 aromatic carbocycles. The molecular weight excluding hydrogens is 440 g/mol.